The zero-order chi connectivity index (χ0) is 22.1. The van der Waals surface area contributed by atoms with Gasteiger partial charge >= 0.3 is 0 Å². The molecular weight excluding hydrogens is 400 g/mol. The maximum absolute atomic E-state index is 13.1. The normalized spacial score (nSPS) is 11.8. The van der Waals surface area contributed by atoms with Crippen molar-refractivity contribution in [2.75, 3.05) is 13.2 Å². The van der Waals surface area contributed by atoms with Crippen molar-refractivity contribution in [3.8, 4) is 5.75 Å². The molecule has 0 heterocycles. The second-order valence-electron chi connectivity index (χ2n) is 7.61. The number of halogens is 1. The standard InChI is InChI=1S/C24H31ClN2O3/c1-5-22(24(29)26-17(2)3)27(14-13-19-9-7-6-8-10-19)23(28)16-30-20-11-12-21(25)18(4)15-20/h6-12,15,17,22H,5,13-14,16H2,1-4H3,(H,26,29). The monoisotopic (exact) mass is 430 g/mol. The number of hydrogen-bond donors (Lipinski definition) is 1. The van der Waals surface area contributed by atoms with Crippen LogP contribution in [-0.2, 0) is 16.0 Å². The van der Waals surface area contributed by atoms with Crippen molar-refractivity contribution >= 4 is 23.4 Å². The highest BCUT2D eigenvalue weighted by Crippen LogP contribution is 2.21. The lowest BCUT2D eigenvalue weighted by Crippen LogP contribution is -2.52. The molecule has 0 aliphatic carbocycles. The molecule has 2 rings (SSSR count). The first kappa shape index (κ1) is 23.7. The molecule has 2 aromatic rings. The minimum absolute atomic E-state index is 0.00548. The number of ether oxygens (including phenoxy) is 1. The highest BCUT2D eigenvalue weighted by molar-refractivity contribution is 6.31. The van der Waals surface area contributed by atoms with Crippen LogP contribution >= 0.6 is 11.6 Å². The summed E-state index contributed by atoms with van der Waals surface area (Å²) >= 11 is 6.05. The number of benzene rings is 2. The lowest BCUT2D eigenvalue weighted by molar-refractivity contribution is -0.142. The van der Waals surface area contributed by atoms with Gasteiger partial charge in [-0.3, -0.25) is 9.59 Å². The summed E-state index contributed by atoms with van der Waals surface area (Å²) in [4.78, 5) is 27.4. The van der Waals surface area contributed by atoms with Gasteiger partial charge in [0.25, 0.3) is 5.91 Å². The third kappa shape index (κ3) is 7.06. The predicted molar refractivity (Wildman–Crippen MR) is 121 cm³/mol. The Labute approximate surface area is 184 Å². The Morgan fingerprint density at radius 3 is 2.43 bits per heavy atom. The number of hydrogen-bond acceptors (Lipinski definition) is 3. The molecule has 0 aliphatic heterocycles. The minimum Gasteiger partial charge on any atom is -0.484 e. The lowest BCUT2D eigenvalue weighted by Gasteiger charge is -2.31. The van der Waals surface area contributed by atoms with Crippen LogP contribution in [-0.4, -0.2) is 41.9 Å². The number of nitrogens with one attached hydrogen (secondary N) is 1. The van der Waals surface area contributed by atoms with E-state index in [1.807, 2.05) is 58.0 Å². The largest absolute Gasteiger partial charge is 0.484 e. The van der Waals surface area contributed by atoms with Crippen molar-refractivity contribution in [1.82, 2.24) is 10.2 Å². The van der Waals surface area contributed by atoms with Gasteiger partial charge in [-0.25, -0.2) is 0 Å². The molecule has 0 bridgehead atoms. The molecule has 2 amide bonds. The third-order valence-corrected chi connectivity index (χ3v) is 5.22. The maximum atomic E-state index is 13.1. The van der Waals surface area contributed by atoms with E-state index in [0.717, 1.165) is 11.1 Å². The third-order valence-electron chi connectivity index (χ3n) is 4.79. The van der Waals surface area contributed by atoms with E-state index >= 15 is 0 Å². The Kier molecular flexibility index (Phi) is 9.18. The molecule has 5 nitrogen and oxygen atoms in total. The molecule has 0 spiro atoms. The zero-order valence-corrected chi connectivity index (χ0v) is 18.9. The number of carbonyl (C=O) groups excluding carboxylic acids is 2. The van der Waals surface area contributed by atoms with E-state index in [4.69, 9.17) is 16.3 Å². The summed E-state index contributed by atoms with van der Waals surface area (Å²) in [5, 5.41) is 3.57. The average molecular weight is 431 g/mol. The van der Waals surface area contributed by atoms with Crippen LogP contribution in [0.3, 0.4) is 0 Å². The first-order chi connectivity index (χ1) is 14.3. The van der Waals surface area contributed by atoms with Crippen molar-refractivity contribution in [3.63, 3.8) is 0 Å². The molecule has 0 saturated carbocycles. The molecule has 0 saturated heterocycles. The van der Waals surface area contributed by atoms with Gasteiger partial charge in [-0.15, -0.1) is 0 Å². The van der Waals surface area contributed by atoms with Gasteiger partial charge in [0.2, 0.25) is 5.91 Å². The van der Waals surface area contributed by atoms with E-state index < -0.39 is 6.04 Å². The minimum atomic E-state index is -0.542. The number of aryl methyl sites for hydroxylation is 1. The number of carbonyl (C=O) groups is 2. The van der Waals surface area contributed by atoms with E-state index in [2.05, 4.69) is 5.32 Å². The molecular formula is C24H31ClN2O3. The molecule has 2 aromatic carbocycles. The van der Waals surface area contributed by atoms with Gasteiger partial charge in [0.05, 0.1) is 0 Å². The molecule has 1 unspecified atom stereocenters. The van der Waals surface area contributed by atoms with Crippen LogP contribution in [0.4, 0.5) is 0 Å². The Hall–Kier alpha value is -2.53. The van der Waals surface area contributed by atoms with Crippen LogP contribution in [0.15, 0.2) is 48.5 Å². The van der Waals surface area contributed by atoms with Gasteiger partial charge < -0.3 is 15.0 Å². The SMILES string of the molecule is CCC(C(=O)NC(C)C)N(CCc1ccccc1)C(=O)COc1ccc(Cl)c(C)c1. The molecule has 30 heavy (non-hydrogen) atoms. The van der Waals surface area contributed by atoms with E-state index in [1.54, 1.807) is 23.1 Å². The molecule has 6 heteroatoms. The zero-order valence-electron chi connectivity index (χ0n) is 18.2. The molecule has 162 valence electrons. The number of nitrogens with zero attached hydrogens (tertiary/aromatic N) is 1. The van der Waals surface area contributed by atoms with Crippen LogP contribution < -0.4 is 10.1 Å². The summed E-state index contributed by atoms with van der Waals surface area (Å²) in [5.41, 5.74) is 1.99. The second kappa shape index (κ2) is 11.6. The summed E-state index contributed by atoms with van der Waals surface area (Å²) in [5.74, 6) is 0.216. The van der Waals surface area contributed by atoms with Gasteiger partial charge in [-0.2, -0.15) is 0 Å². The van der Waals surface area contributed by atoms with E-state index in [0.29, 0.717) is 30.2 Å². The van der Waals surface area contributed by atoms with Crippen LogP contribution in [0.1, 0.15) is 38.3 Å². The van der Waals surface area contributed by atoms with Gasteiger partial charge in [-0.1, -0.05) is 48.9 Å². The highest BCUT2D eigenvalue weighted by atomic mass is 35.5. The highest BCUT2D eigenvalue weighted by Gasteiger charge is 2.28. The van der Waals surface area contributed by atoms with Crippen LogP contribution in [0, 0.1) is 6.92 Å². The van der Waals surface area contributed by atoms with Crippen molar-refractivity contribution in [3.05, 3.63) is 64.7 Å². The van der Waals surface area contributed by atoms with Gasteiger partial charge in [-0.05, 0) is 62.9 Å². The number of amides is 2. The summed E-state index contributed by atoms with van der Waals surface area (Å²) in [6, 6.07) is 14.7. The maximum Gasteiger partial charge on any atom is 0.261 e. The van der Waals surface area contributed by atoms with Gasteiger partial charge in [0, 0.05) is 17.6 Å². The molecule has 0 fully saturated rings. The average Bonchev–Trinajstić information content (AvgIpc) is 2.71. The molecule has 0 radical (unpaired) electrons. The van der Waals surface area contributed by atoms with Crippen LogP contribution in [0.5, 0.6) is 5.75 Å². The Bertz CT molecular complexity index is 840. The molecule has 0 aromatic heterocycles. The van der Waals surface area contributed by atoms with Crippen LogP contribution in [0.2, 0.25) is 5.02 Å². The number of rotatable bonds is 10. The fourth-order valence-corrected chi connectivity index (χ4v) is 3.33. The summed E-state index contributed by atoms with van der Waals surface area (Å²) in [6.07, 6.45) is 1.19. The predicted octanol–water partition coefficient (Wildman–Crippen LogP) is 4.40. The van der Waals surface area contributed by atoms with Crippen molar-refractivity contribution < 1.29 is 14.3 Å². The Morgan fingerprint density at radius 2 is 1.83 bits per heavy atom. The lowest BCUT2D eigenvalue weighted by atomic mass is 10.1. The quantitative estimate of drug-likeness (QED) is 0.607. The van der Waals surface area contributed by atoms with E-state index in [9.17, 15) is 9.59 Å². The Morgan fingerprint density at radius 1 is 1.13 bits per heavy atom. The summed E-state index contributed by atoms with van der Waals surface area (Å²) in [6.45, 7) is 7.92. The second-order valence-corrected chi connectivity index (χ2v) is 8.02. The fraction of sp³-hybridized carbons (Fsp3) is 0.417. The molecule has 1 atom stereocenters. The Balaban J connectivity index is 2.13. The first-order valence-electron chi connectivity index (χ1n) is 10.3. The molecule has 0 aliphatic rings. The van der Waals surface area contributed by atoms with Crippen molar-refractivity contribution in [2.24, 2.45) is 0 Å². The summed E-state index contributed by atoms with van der Waals surface area (Å²) < 4.78 is 5.71. The topological polar surface area (TPSA) is 58.6 Å². The fourth-order valence-electron chi connectivity index (χ4n) is 3.21. The summed E-state index contributed by atoms with van der Waals surface area (Å²) in [7, 11) is 0. The first-order valence-corrected chi connectivity index (χ1v) is 10.7. The smallest absolute Gasteiger partial charge is 0.261 e. The van der Waals surface area contributed by atoms with Gasteiger partial charge in [0.1, 0.15) is 11.8 Å². The molecule has 1 N–H and O–H groups in total. The van der Waals surface area contributed by atoms with Crippen LogP contribution in [0.25, 0.3) is 0 Å². The van der Waals surface area contributed by atoms with Crippen molar-refractivity contribution in [2.45, 2.75) is 52.6 Å². The van der Waals surface area contributed by atoms with Crippen molar-refractivity contribution in [1.29, 1.82) is 0 Å². The van der Waals surface area contributed by atoms with Gasteiger partial charge in [0.15, 0.2) is 6.61 Å². The van der Waals surface area contributed by atoms with E-state index in [1.165, 1.54) is 0 Å². The van der Waals surface area contributed by atoms with E-state index in [-0.39, 0.29) is 24.5 Å².